The van der Waals surface area contributed by atoms with E-state index in [1.54, 1.807) is 18.1 Å². The summed E-state index contributed by atoms with van der Waals surface area (Å²) in [6, 6.07) is 2.02. The Morgan fingerprint density at radius 2 is 2.13 bits per heavy atom. The smallest absolute Gasteiger partial charge is 0.130 e. The van der Waals surface area contributed by atoms with E-state index in [9.17, 15) is 0 Å². The Balaban J connectivity index is 2.42. The van der Waals surface area contributed by atoms with Gasteiger partial charge in [-0.2, -0.15) is 0 Å². The maximum absolute atomic E-state index is 4.23. The van der Waals surface area contributed by atoms with Crippen molar-refractivity contribution in [1.29, 1.82) is 0 Å². The van der Waals surface area contributed by atoms with Gasteiger partial charge in [-0.3, -0.25) is 0 Å². The number of hydrogen-bond acceptors (Lipinski definition) is 4. The van der Waals surface area contributed by atoms with Crippen LogP contribution in [0.25, 0.3) is 0 Å². The first-order valence-corrected chi connectivity index (χ1v) is 6.54. The van der Waals surface area contributed by atoms with Crippen LogP contribution in [0.5, 0.6) is 0 Å². The highest BCUT2D eigenvalue weighted by Crippen LogP contribution is 2.18. The van der Waals surface area contributed by atoms with Crippen LogP contribution < -0.4 is 5.32 Å². The van der Waals surface area contributed by atoms with Crippen LogP contribution in [-0.4, -0.2) is 22.3 Å². The van der Waals surface area contributed by atoms with Crippen molar-refractivity contribution in [2.24, 2.45) is 0 Å². The molecule has 1 aromatic rings. The van der Waals surface area contributed by atoms with Crippen LogP contribution in [-0.2, 0) is 0 Å². The number of nitrogens with one attached hydrogen (secondary N) is 1. The Kier molecular flexibility index (Phi) is 6.16. The fraction of sp³-hybridized carbons (Fsp3) is 0.636. The minimum absolute atomic E-state index is 0.936. The average Bonchev–Trinajstić information content (AvgIpc) is 2.27. The normalized spacial score (nSPS) is 10.3. The molecule has 4 heteroatoms. The van der Waals surface area contributed by atoms with Crippen molar-refractivity contribution in [2.45, 2.75) is 38.1 Å². The molecule has 15 heavy (non-hydrogen) atoms. The number of rotatable bonds is 7. The Hall–Kier alpha value is -0.770. The highest BCUT2D eigenvalue weighted by molar-refractivity contribution is 7.99. The van der Waals surface area contributed by atoms with Gasteiger partial charge in [-0.25, -0.2) is 9.97 Å². The van der Waals surface area contributed by atoms with Crippen molar-refractivity contribution in [2.75, 3.05) is 17.6 Å². The molecule has 1 heterocycles. The van der Waals surface area contributed by atoms with Gasteiger partial charge in [-0.1, -0.05) is 20.3 Å². The van der Waals surface area contributed by atoms with E-state index in [4.69, 9.17) is 0 Å². The monoisotopic (exact) mass is 225 g/mol. The topological polar surface area (TPSA) is 37.8 Å². The number of aromatic nitrogens is 2. The Morgan fingerprint density at radius 1 is 1.27 bits per heavy atom. The van der Waals surface area contributed by atoms with Crippen LogP contribution in [0.1, 0.15) is 33.1 Å². The second-order valence-electron chi connectivity index (χ2n) is 3.37. The molecule has 1 rings (SSSR count). The molecule has 1 N–H and O–H groups in total. The predicted molar refractivity (Wildman–Crippen MR) is 66.4 cm³/mol. The summed E-state index contributed by atoms with van der Waals surface area (Å²) in [6.07, 6.45) is 5.22. The van der Waals surface area contributed by atoms with Gasteiger partial charge in [0, 0.05) is 12.6 Å². The molecule has 0 saturated carbocycles. The summed E-state index contributed by atoms with van der Waals surface area (Å²) in [5, 5.41) is 4.33. The summed E-state index contributed by atoms with van der Waals surface area (Å²) < 4.78 is 0. The number of thioether (sulfide) groups is 1. The van der Waals surface area contributed by atoms with Crippen molar-refractivity contribution in [3.8, 4) is 0 Å². The van der Waals surface area contributed by atoms with Crippen LogP contribution in [0.15, 0.2) is 17.4 Å². The van der Waals surface area contributed by atoms with Crippen LogP contribution in [0.2, 0.25) is 0 Å². The molecule has 84 valence electrons. The quantitative estimate of drug-likeness (QED) is 0.439. The zero-order valence-electron chi connectivity index (χ0n) is 9.49. The lowest BCUT2D eigenvalue weighted by atomic mass is 10.4. The zero-order valence-corrected chi connectivity index (χ0v) is 10.3. The minimum Gasteiger partial charge on any atom is -0.370 e. The van der Waals surface area contributed by atoms with E-state index < -0.39 is 0 Å². The molecule has 0 atom stereocenters. The predicted octanol–water partition coefficient (Wildman–Crippen LogP) is 3.19. The molecule has 0 aliphatic heterocycles. The Labute approximate surface area is 96.1 Å². The van der Waals surface area contributed by atoms with Gasteiger partial charge in [0.2, 0.25) is 0 Å². The van der Waals surface area contributed by atoms with E-state index >= 15 is 0 Å². The standard InChI is InChI=1S/C11H19N3S/c1-3-5-7-15-11-8-10(12-6-4-2)13-9-14-11/h8-9H,3-7H2,1-2H3,(H,12,13,14). The van der Waals surface area contributed by atoms with Gasteiger partial charge < -0.3 is 5.32 Å². The highest BCUT2D eigenvalue weighted by atomic mass is 32.2. The van der Waals surface area contributed by atoms with Crippen molar-refractivity contribution < 1.29 is 0 Å². The maximum atomic E-state index is 4.23. The van der Waals surface area contributed by atoms with E-state index in [2.05, 4.69) is 29.1 Å². The van der Waals surface area contributed by atoms with Gasteiger partial charge in [-0.15, -0.1) is 11.8 Å². The molecule has 0 radical (unpaired) electrons. The summed E-state index contributed by atoms with van der Waals surface area (Å²) in [6.45, 7) is 5.32. The van der Waals surface area contributed by atoms with Crippen LogP contribution in [0, 0.1) is 0 Å². The molecule has 0 amide bonds. The molecule has 0 aromatic carbocycles. The zero-order chi connectivity index (χ0) is 10.9. The van der Waals surface area contributed by atoms with Crippen molar-refractivity contribution in [3.63, 3.8) is 0 Å². The first-order chi connectivity index (χ1) is 7.36. The maximum Gasteiger partial charge on any atom is 0.130 e. The molecule has 0 unspecified atom stereocenters. The van der Waals surface area contributed by atoms with Crippen LogP contribution in [0.4, 0.5) is 5.82 Å². The van der Waals surface area contributed by atoms with Crippen molar-refractivity contribution in [3.05, 3.63) is 12.4 Å². The SMILES string of the molecule is CCCCSc1cc(NCCC)ncn1. The van der Waals surface area contributed by atoms with Gasteiger partial charge in [-0.05, 0) is 18.6 Å². The number of anilines is 1. The Bertz CT molecular complexity index is 278. The molecular weight excluding hydrogens is 206 g/mol. The van der Waals surface area contributed by atoms with E-state index in [0.29, 0.717) is 0 Å². The van der Waals surface area contributed by atoms with E-state index in [1.807, 2.05) is 6.07 Å². The summed E-state index contributed by atoms with van der Waals surface area (Å²) in [7, 11) is 0. The third-order valence-electron chi connectivity index (χ3n) is 1.95. The van der Waals surface area contributed by atoms with Gasteiger partial charge in [0.05, 0.1) is 0 Å². The lowest BCUT2D eigenvalue weighted by molar-refractivity contribution is 0.893. The molecule has 0 saturated heterocycles. The molecule has 3 nitrogen and oxygen atoms in total. The van der Waals surface area contributed by atoms with Gasteiger partial charge in [0.25, 0.3) is 0 Å². The first kappa shape index (κ1) is 12.3. The summed E-state index contributed by atoms with van der Waals surface area (Å²) in [5.41, 5.74) is 0. The minimum atomic E-state index is 0.936. The van der Waals surface area contributed by atoms with Gasteiger partial charge in [0.1, 0.15) is 17.2 Å². The largest absolute Gasteiger partial charge is 0.370 e. The second kappa shape index (κ2) is 7.51. The number of unbranched alkanes of at least 4 members (excludes halogenated alkanes) is 1. The van der Waals surface area contributed by atoms with E-state index in [-0.39, 0.29) is 0 Å². The Morgan fingerprint density at radius 3 is 2.87 bits per heavy atom. The van der Waals surface area contributed by atoms with E-state index in [0.717, 1.165) is 29.6 Å². The lowest BCUT2D eigenvalue weighted by Gasteiger charge is -2.04. The fourth-order valence-electron chi connectivity index (χ4n) is 1.09. The third kappa shape index (κ3) is 5.02. The second-order valence-corrected chi connectivity index (χ2v) is 4.49. The molecule has 0 bridgehead atoms. The number of nitrogens with zero attached hydrogens (tertiary/aromatic N) is 2. The van der Waals surface area contributed by atoms with Gasteiger partial charge in [0.15, 0.2) is 0 Å². The fourth-order valence-corrected chi connectivity index (χ4v) is 2.05. The average molecular weight is 225 g/mol. The molecular formula is C11H19N3S. The summed E-state index contributed by atoms with van der Waals surface area (Å²) in [5.74, 6) is 2.08. The molecule has 1 aromatic heterocycles. The lowest BCUT2D eigenvalue weighted by Crippen LogP contribution is -2.02. The number of hydrogen-bond donors (Lipinski definition) is 1. The van der Waals surface area contributed by atoms with Crippen molar-refractivity contribution >= 4 is 17.6 Å². The molecule has 0 aliphatic carbocycles. The molecule has 0 fully saturated rings. The highest BCUT2D eigenvalue weighted by Gasteiger charge is 1.98. The summed E-state index contributed by atoms with van der Waals surface area (Å²) >= 11 is 1.80. The molecule has 0 spiro atoms. The van der Waals surface area contributed by atoms with Crippen LogP contribution >= 0.6 is 11.8 Å². The van der Waals surface area contributed by atoms with E-state index in [1.165, 1.54) is 12.8 Å². The van der Waals surface area contributed by atoms with Crippen molar-refractivity contribution in [1.82, 2.24) is 9.97 Å². The van der Waals surface area contributed by atoms with Crippen LogP contribution in [0.3, 0.4) is 0 Å². The van der Waals surface area contributed by atoms with Gasteiger partial charge >= 0.3 is 0 Å². The third-order valence-corrected chi connectivity index (χ3v) is 2.96. The first-order valence-electron chi connectivity index (χ1n) is 5.55. The molecule has 0 aliphatic rings. The summed E-state index contributed by atoms with van der Waals surface area (Å²) in [4.78, 5) is 8.40.